The van der Waals surface area contributed by atoms with Gasteiger partial charge in [-0.15, -0.1) is 0 Å². The third-order valence-electron chi connectivity index (χ3n) is 5.63. The SMILES string of the molecule is CCn1c(=O)c(C(=O)N2CCN(c3ccc(C)cc3C)CC2)nc2ccccc21. The summed E-state index contributed by atoms with van der Waals surface area (Å²) in [6, 6.07) is 13.9. The second kappa shape index (κ2) is 7.70. The summed E-state index contributed by atoms with van der Waals surface area (Å²) in [5.41, 5.74) is 4.84. The number of carbonyl (C=O) groups excluding carboxylic acids is 1. The Balaban J connectivity index is 1.57. The molecule has 0 bridgehead atoms. The van der Waals surface area contributed by atoms with Crippen LogP contribution in [-0.4, -0.2) is 46.5 Å². The number of para-hydroxylation sites is 2. The van der Waals surface area contributed by atoms with Crippen molar-refractivity contribution in [1.82, 2.24) is 14.5 Å². The van der Waals surface area contributed by atoms with E-state index in [1.165, 1.54) is 16.8 Å². The highest BCUT2D eigenvalue weighted by Crippen LogP contribution is 2.23. The van der Waals surface area contributed by atoms with Crippen LogP contribution in [0.2, 0.25) is 0 Å². The van der Waals surface area contributed by atoms with Crippen LogP contribution in [0.5, 0.6) is 0 Å². The van der Waals surface area contributed by atoms with Crippen molar-refractivity contribution in [3.8, 4) is 0 Å². The molecule has 0 unspecified atom stereocenters. The summed E-state index contributed by atoms with van der Waals surface area (Å²) in [4.78, 5) is 34.5. The van der Waals surface area contributed by atoms with Gasteiger partial charge in [-0.1, -0.05) is 29.8 Å². The summed E-state index contributed by atoms with van der Waals surface area (Å²) in [6.07, 6.45) is 0. The Bertz CT molecular complexity index is 1130. The Morgan fingerprint density at radius 2 is 1.76 bits per heavy atom. The van der Waals surface area contributed by atoms with Crippen molar-refractivity contribution in [3.63, 3.8) is 0 Å². The van der Waals surface area contributed by atoms with Crippen LogP contribution in [0.4, 0.5) is 5.69 Å². The first kappa shape index (κ1) is 19.2. The van der Waals surface area contributed by atoms with Crippen molar-refractivity contribution in [2.45, 2.75) is 27.3 Å². The highest BCUT2D eigenvalue weighted by molar-refractivity contribution is 5.94. The average molecular weight is 390 g/mol. The molecule has 6 heteroatoms. The van der Waals surface area contributed by atoms with Crippen molar-refractivity contribution in [1.29, 1.82) is 0 Å². The van der Waals surface area contributed by atoms with Crippen molar-refractivity contribution in [2.24, 2.45) is 0 Å². The third kappa shape index (κ3) is 3.50. The van der Waals surface area contributed by atoms with Crippen LogP contribution in [0, 0.1) is 13.8 Å². The van der Waals surface area contributed by atoms with Gasteiger partial charge in [0.2, 0.25) is 0 Å². The minimum atomic E-state index is -0.312. The predicted molar refractivity (Wildman–Crippen MR) is 116 cm³/mol. The van der Waals surface area contributed by atoms with E-state index in [2.05, 4.69) is 41.9 Å². The van der Waals surface area contributed by atoms with Gasteiger partial charge in [0.05, 0.1) is 11.0 Å². The fourth-order valence-electron chi connectivity index (χ4n) is 4.11. The monoisotopic (exact) mass is 390 g/mol. The number of aryl methyl sites for hydroxylation is 3. The number of aromatic nitrogens is 2. The molecule has 0 saturated carbocycles. The van der Waals surface area contributed by atoms with E-state index in [0.717, 1.165) is 18.6 Å². The van der Waals surface area contributed by atoms with Crippen molar-refractivity contribution in [2.75, 3.05) is 31.1 Å². The van der Waals surface area contributed by atoms with E-state index < -0.39 is 0 Å². The first-order chi connectivity index (χ1) is 14.0. The molecule has 1 aliphatic rings. The number of amides is 1. The quantitative estimate of drug-likeness (QED) is 0.690. The van der Waals surface area contributed by atoms with Gasteiger partial charge in [0.25, 0.3) is 11.5 Å². The molecule has 4 rings (SSSR count). The lowest BCUT2D eigenvalue weighted by Gasteiger charge is -2.36. The van der Waals surface area contributed by atoms with Gasteiger partial charge in [0, 0.05) is 38.4 Å². The fraction of sp³-hybridized carbons (Fsp3) is 0.348. The van der Waals surface area contributed by atoms with Crippen LogP contribution < -0.4 is 10.5 Å². The predicted octanol–water partition coefficient (Wildman–Crippen LogP) is 3.00. The molecule has 1 aromatic heterocycles. The molecule has 0 aliphatic carbocycles. The smallest absolute Gasteiger partial charge is 0.282 e. The second-order valence-corrected chi connectivity index (χ2v) is 7.57. The molecule has 1 aliphatic heterocycles. The molecule has 29 heavy (non-hydrogen) atoms. The molecule has 6 nitrogen and oxygen atoms in total. The van der Waals surface area contributed by atoms with E-state index in [0.29, 0.717) is 25.2 Å². The van der Waals surface area contributed by atoms with Crippen LogP contribution in [0.3, 0.4) is 0 Å². The van der Waals surface area contributed by atoms with E-state index >= 15 is 0 Å². The molecule has 0 radical (unpaired) electrons. The number of rotatable bonds is 3. The fourth-order valence-corrected chi connectivity index (χ4v) is 4.11. The number of hydrogen-bond acceptors (Lipinski definition) is 4. The lowest BCUT2D eigenvalue weighted by molar-refractivity contribution is 0.0738. The number of fused-ring (bicyclic) bond motifs is 1. The molecular formula is C23H26N4O2. The van der Waals surface area contributed by atoms with Crippen LogP contribution in [0.15, 0.2) is 47.3 Å². The zero-order valence-electron chi connectivity index (χ0n) is 17.2. The highest BCUT2D eigenvalue weighted by Gasteiger charge is 2.26. The van der Waals surface area contributed by atoms with Crippen LogP contribution >= 0.6 is 0 Å². The van der Waals surface area contributed by atoms with Crippen LogP contribution in [0.25, 0.3) is 11.0 Å². The van der Waals surface area contributed by atoms with E-state index in [9.17, 15) is 9.59 Å². The van der Waals surface area contributed by atoms with E-state index in [1.54, 1.807) is 9.47 Å². The number of anilines is 1. The number of hydrogen-bond donors (Lipinski definition) is 0. The Labute approximate surface area is 170 Å². The molecule has 1 amide bonds. The van der Waals surface area contributed by atoms with Crippen molar-refractivity contribution >= 4 is 22.6 Å². The molecule has 1 fully saturated rings. The van der Waals surface area contributed by atoms with Gasteiger partial charge in [-0.2, -0.15) is 0 Å². The van der Waals surface area contributed by atoms with E-state index in [-0.39, 0.29) is 17.2 Å². The summed E-state index contributed by atoms with van der Waals surface area (Å²) < 4.78 is 1.63. The van der Waals surface area contributed by atoms with Gasteiger partial charge in [0.1, 0.15) is 0 Å². The molecule has 3 aromatic rings. The lowest BCUT2D eigenvalue weighted by atomic mass is 10.1. The first-order valence-corrected chi connectivity index (χ1v) is 10.1. The number of nitrogens with zero attached hydrogens (tertiary/aromatic N) is 4. The van der Waals surface area contributed by atoms with Gasteiger partial charge < -0.3 is 14.4 Å². The molecule has 0 atom stereocenters. The molecule has 0 spiro atoms. The average Bonchev–Trinajstić information content (AvgIpc) is 2.73. The van der Waals surface area contributed by atoms with Gasteiger partial charge >= 0.3 is 0 Å². The lowest BCUT2D eigenvalue weighted by Crippen LogP contribution is -2.50. The molecule has 2 heterocycles. The van der Waals surface area contributed by atoms with E-state index in [1.807, 2.05) is 31.2 Å². The summed E-state index contributed by atoms with van der Waals surface area (Å²) in [5.74, 6) is -0.275. The zero-order valence-corrected chi connectivity index (χ0v) is 17.2. The summed E-state index contributed by atoms with van der Waals surface area (Å²) in [5, 5.41) is 0. The zero-order chi connectivity index (χ0) is 20.5. The number of benzene rings is 2. The Morgan fingerprint density at radius 3 is 2.45 bits per heavy atom. The number of piperazine rings is 1. The normalized spacial score (nSPS) is 14.4. The topological polar surface area (TPSA) is 58.4 Å². The molecule has 0 N–H and O–H groups in total. The van der Waals surface area contributed by atoms with Crippen molar-refractivity contribution < 1.29 is 4.79 Å². The highest BCUT2D eigenvalue weighted by atomic mass is 16.2. The molecule has 150 valence electrons. The maximum absolute atomic E-state index is 13.1. The van der Waals surface area contributed by atoms with Gasteiger partial charge in [0.15, 0.2) is 5.69 Å². The molecular weight excluding hydrogens is 364 g/mol. The Kier molecular flexibility index (Phi) is 5.09. The first-order valence-electron chi connectivity index (χ1n) is 10.1. The van der Waals surface area contributed by atoms with Crippen LogP contribution in [0.1, 0.15) is 28.5 Å². The summed E-state index contributed by atoms with van der Waals surface area (Å²) >= 11 is 0. The Hall–Kier alpha value is -3.15. The minimum absolute atomic E-state index is 0.0190. The largest absolute Gasteiger partial charge is 0.368 e. The Morgan fingerprint density at radius 1 is 1.03 bits per heavy atom. The third-order valence-corrected chi connectivity index (χ3v) is 5.63. The van der Waals surface area contributed by atoms with Gasteiger partial charge in [-0.3, -0.25) is 9.59 Å². The summed E-state index contributed by atoms with van der Waals surface area (Å²) in [7, 11) is 0. The maximum atomic E-state index is 13.1. The molecule has 2 aromatic carbocycles. The second-order valence-electron chi connectivity index (χ2n) is 7.57. The van der Waals surface area contributed by atoms with Crippen molar-refractivity contribution in [3.05, 3.63) is 69.6 Å². The standard InChI is InChI=1S/C23H26N4O2/c1-4-27-20-8-6-5-7-18(20)24-21(23(27)29)22(28)26-13-11-25(12-14-26)19-10-9-16(2)15-17(19)3/h5-10,15H,4,11-14H2,1-3H3. The summed E-state index contributed by atoms with van der Waals surface area (Å²) in [6.45, 7) is 9.25. The maximum Gasteiger partial charge on any atom is 0.282 e. The minimum Gasteiger partial charge on any atom is -0.368 e. The van der Waals surface area contributed by atoms with E-state index in [4.69, 9.17) is 0 Å². The van der Waals surface area contributed by atoms with Crippen LogP contribution in [-0.2, 0) is 6.54 Å². The van der Waals surface area contributed by atoms with Gasteiger partial charge in [-0.25, -0.2) is 4.98 Å². The number of carbonyl (C=O) groups is 1. The van der Waals surface area contributed by atoms with Gasteiger partial charge in [-0.05, 0) is 44.5 Å². The molecule has 1 saturated heterocycles.